The highest BCUT2D eigenvalue weighted by Gasteiger charge is 2.46. The van der Waals surface area contributed by atoms with Gasteiger partial charge in [0.15, 0.2) is 0 Å². The van der Waals surface area contributed by atoms with Gasteiger partial charge in [0, 0.05) is 29.5 Å². The van der Waals surface area contributed by atoms with Gasteiger partial charge in [-0.2, -0.15) is 0 Å². The fraction of sp³-hybridized carbons (Fsp3) is 0.348. The second kappa shape index (κ2) is 6.41. The van der Waals surface area contributed by atoms with Crippen LogP contribution in [0.4, 0.5) is 10.1 Å². The van der Waals surface area contributed by atoms with E-state index in [0.29, 0.717) is 6.61 Å². The highest BCUT2D eigenvalue weighted by molar-refractivity contribution is 9.11. The number of anilines is 1. The molecule has 1 N–H and O–H groups in total. The molecular formula is C23H21BrFN3O. The molecule has 4 aliphatic heterocycles. The van der Waals surface area contributed by atoms with Crippen LogP contribution in [0.5, 0.6) is 0 Å². The molecule has 2 unspecified atom stereocenters. The second-order valence-electron chi connectivity index (χ2n) is 8.26. The third-order valence-electron chi connectivity index (χ3n) is 6.80. The summed E-state index contributed by atoms with van der Waals surface area (Å²) in [6.45, 7) is 2.47. The molecule has 1 spiro atoms. The number of hydrogen-bond donors (Lipinski definition) is 1. The summed E-state index contributed by atoms with van der Waals surface area (Å²) in [5.41, 5.74) is 4.47. The smallest absolute Gasteiger partial charge is 0.123 e. The standard InChI is InChI=1S/C23H21BrFN3O/c24-18-12-26-22(20-16-11-15(25)5-6-19(16)27-21(18)20)28-9-7-23(8-10-28)17-4-2-1-3-14(17)13-29-23/h1-6,11-12,20-21,27H,7-10,13H2. The van der Waals surface area contributed by atoms with Crippen LogP contribution in [0.1, 0.15) is 35.4 Å². The third kappa shape index (κ3) is 2.62. The molecule has 0 aromatic heterocycles. The summed E-state index contributed by atoms with van der Waals surface area (Å²) in [6.07, 6.45) is 3.76. The van der Waals surface area contributed by atoms with Crippen molar-refractivity contribution in [1.29, 1.82) is 0 Å². The number of ether oxygens (including phenoxy) is 1. The van der Waals surface area contributed by atoms with Crippen molar-refractivity contribution in [2.45, 2.75) is 37.0 Å². The van der Waals surface area contributed by atoms with E-state index in [1.165, 1.54) is 17.2 Å². The molecule has 4 aliphatic rings. The van der Waals surface area contributed by atoms with Crippen molar-refractivity contribution in [3.05, 3.63) is 75.7 Å². The number of nitrogens with zero attached hydrogens (tertiary/aromatic N) is 2. The van der Waals surface area contributed by atoms with E-state index >= 15 is 0 Å². The molecule has 6 rings (SSSR count). The fourth-order valence-electron chi connectivity index (χ4n) is 5.33. The molecule has 0 saturated carbocycles. The number of amidine groups is 1. The molecule has 0 amide bonds. The van der Waals surface area contributed by atoms with E-state index in [0.717, 1.165) is 47.5 Å². The Morgan fingerprint density at radius 1 is 1.17 bits per heavy atom. The number of hydrogen-bond acceptors (Lipinski definition) is 4. The molecule has 1 fully saturated rings. The van der Waals surface area contributed by atoms with Crippen LogP contribution >= 0.6 is 15.9 Å². The van der Waals surface area contributed by atoms with Gasteiger partial charge in [-0.1, -0.05) is 40.2 Å². The van der Waals surface area contributed by atoms with Crippen molar-refractivity contribution in [2.24, 2.45) is 4.99 Å². The van der Waals surface area contributed by atoms with Crippen molar-refractivity contribution in [1.82, 2.24) is 4.90 Å². The highest BCUT2D eigenvalue weighted by Crippen LogP contribution is 2.47. The van der Waals surface area contributed by atoms with E-state index in [-0.39, 0.29) is 23.4 Å². The molecule has 0 aliphatic carbocycles. The lowest BCUT2D eigenvalue weighted by molar-refractivity contribution is -0.0708. The van der Waals surface area contributed by atoms with E-state index < -0.39 is 0 Å². The first kappa shape index (κ1) is 17.7. The number of rotatable bonds is 0. The molecule has 0 bridgehead atoms. The summed E-state index contributed by atoms with van der Waals surface area (Å²) in [6, 6.07) is 13.6. The van der Waals surface area contributed by atoms with Crippen molar-refractivity contribution in [3.8, 4) is 0 Å². The van der Waals surface area contributed by atoms with Crippen molar-refractivity contribution in [2.75, 3.05) is 18.4 Å². The third-order valence-corrected chi connectivity index (χ3v) is 7.49. The minimum Gasteiger partial charge on any atom is -0.376 e. The van der Waals surface area contributed by atoms with Crippen LogP contribution < -0.4 is 5.32 Å². The van der Waals surface area contributed by atoms with Crippen LogP contribution in [0.25, 0.3) is 0 Å². The van der Waals surface area contributed by atoms with E-state index in [1.807, 2.05) is 12.3 Å². The molecule has 29 heavy (non-hydrogen) atoms. The molecule has 2 aromatic carbocycles. The van der Waals surface area contributed by atoms with Gasteiger partial charge in [-0.05, 0) is 47.7 Å². The molecule has 148 valence electrons. The minimum atomic E-state index is -0.204. The van der Waals surface area contributed by atoms with E-state index in [4.69, 9.17) is 9.73 Å². The summed E-state index contributed by atoms with van der Waals surface area (Å²) in [5.74, 6) is 0.840. The van der Waals surface area contributed by atoms with Gasteiger partial charge in [0.1, 0.15) is 11.7 Å². The van der Waals surface area contributed by atoms with Gasteiger partial charge < -0.3 is 15.0 Å². The molecule has 2 atom stereocenters. The SMILES string of the molecule is Fc1ccc2c(c1)C1C(N3CCC4(CC3)OCc3ccccc34)=NC=C(Br)C1N2. The predicted octanol–water partition coefficient (Wildman–Crippen LogP) is 4.87. The first-order valence-electron chi connectivity index (χ1n) is 10.1. The zero-order chi connectivity index (χ0) is 19.6. The number of benzene rings is 2. The summed E-state index contributed by atoms with van der Waals surface area (Å²) in [4.78, 5) is 7.16. The molecule has 4 heterocycles. The van der Waals surface area contributed by atoms with Gasteiger partial charge >= 0.3 is 0 Å². The number of aliphatic imine (C=N–C) groups is 1. The zero-order valence-electron chi connectivity index (χ0n) is 15.9. The molecular weight excluding hydrogens is 433 g/mol. The Morgan fingerprint density at radius 3 is 2.86 bits per heavy atom. The van der Waals surface area contributed by atoms with Gasteiger partial charge in [0.2, 0.25) is 0 Å². The minimum absolute atomic E-state index is 0.0194. The first-order valence-corrected chi connectivity index (χ1v) is 10.9. The summed E-state index contributed by atoms with van der Waals surface area (Å²) in [7, 11) is 0. The number of piperidine rings is 1. The Hall–Kier alpha value is -2.18. The topological polar surface area (TPSA) is 36.9 Å². The number of halogens is 2. The summed E-state index contributed by atoms with van der Waals surface area (Å²) in [5, 5.41) is 3.53. The average Bonchev–Trinajstić information content (AvgIpc) is 3.29. The lowest BCUT2D eigenvalue weighted by Crippen LogP contribution is -2.48. The maximum Gasteiger partial charge on any atom is 0.123 e. The van der Waals surface area contributed by atoms with E-state index in [2.05, 4.69) is 50.4 Å². The van der Waals surface area contributed by atoms with Gasteiger partial charge in [-0.15, -0.1) is 0 Å². The zero-order valence-corrected chi connectivity index (χ0v) is 17.5. The van der Waals surface area contributed by atoms with E-state index in [1.54, 1.807) is 6.07 Å². The number of nitrogens with one attached hydrogen (secondary N) is 1. The Balaban J connectivity index is 1.30. The predicted molar refractivity (Wildman–Crippen MR) is 115 cm³/mol. The average molecular weight is 454 g/mol. The lowest BCUT2D eigenvalue weighted by Gasteiger charge is -2.42. The normalized spacial score (nSPS) is 26.3. The Kier molecular flexibility index (Phi) is 3.90. The molecule has 4 nitrogen and oxygen atoms in total. The lowest BCUT2D eigenvalue weighted by atomic mass is 9.82. The molecule has 0 radical (unpaired) electrons. The van der Waals surface area contributed by atoms with Crippen LogP contribution in [-0.4, -0.2) is 29.9 Å². The van der Waals surface area contributed by atoms with Gasteiger partial charge in [-0.3, -0.25) is 0 Å². The molecule has 2 aromatic rings. The van der Waals surface area contributed by atoms with Crippen molar-refractivity contribution >= 4 is 27.5 Å². The van der Waals surface area contributed by atoms with Crippen LogP contribution in [0.3, 0.4) is 0 Å². The van der Waals surface area contributed by atoms with Gasteiger partial charge in [-0.25, -0.2) is 9.38 Å². The molecule has 1 saturated heterocycles. The van der Waals surface area contributed by atoms with Crippen LogP contribution in [0, 0.1) is 5.82 Å². The number of likely N-dealkylation sites (tertiary alicyclic amines) is 1. The van der Waals surface area contributed by atoms with Gasteiger partial charge in [0.05, 0.1) is 24.2 Å². The summed E-state index contributed by atoms with van der Waals surface area (Å²) >= 11 is 3.65. The maximum atomic E-state index is 14.0. The Bertz CT molecular complexity index is 1060. The quantitative estimate of drug-likeness (QED) is 0.617. The van der Waals surface area contributed by atoms with Gasteiger partial charge in [0.25, 0.3) is 0 Å². The van der Waals surface area contributed by atoms with E-state index in [9.17, 15) is 4.39 Å². The Labute approximate surface area is 177 Å². The second-order valence-corrected chi connectivity index (χ2v) is 9.18. The number of fused-ring (bicyclic) bond motifs is 5. The largest absolute Gasteiger partial charge is 0.376 e. The van der Waals surface area contributed by atoms with Crippen molar-refractivity contribution in [3.63, 3.8) is 0 Å². The highest BCUT2D eigenvalue weighted by atomic mass is 79.9. The molecule has 6 heteroatoms. The van der Waals surface area contributed by atoms with Crippen LogP contribution in [-0.2, 0) is 16.9 Å². The maximum absolute atomic E-state index is 14.0. The Morgan fingerprint density at radius 2 is 2.00 bits per heavy atom. The fourth-order valence-corrected chi connectivity index (χ4v) is 5.81. The van der Waals surface area contributed by atoms with Crippen molar-refractivity contribution < 1.29 is 9.13 Å². The van der Waals surface area contributed by atoms with Crippen LogP contribution in [0.2, 0.25) is 0 Å². The monoisotopic (exact) mass is 453 g/mol. The van der Waals surface area contributed by atoms with Crippen LogP contribution in [0.15, 0.2) is 58.1 Å². The summed E-state index contributed by atoms with van der Waals surface area (Å²) < 4.78 is 21.3. The first-order chi connectivity index (χ1) is 14.1.